The second kappa shape index (κ2) is 5.48. The Balaban J connectivity index is 3.36. The fourth-order valence-electron chi connectivity index (χ4n) is 1.20. The molecule has 0 radical (unpaired) electrons. The van der Waals surface area contributed by atoms with Gasteiger partial charge in [0.15, 0.2) is 0 Å². The first-order valence-corrected chi connectivity index (χ1v) is 5.44. The van der Waals surface area contributed by atoms with Crippen LogP contribution in [-0.4, -0.2) is 17.9 Å². The van der Waals surface area contributed by atoms with E-state index in [2.05, 4.69) is 0 Å². The molecule has 0 heterocycles. The lowest BCUT2D eigenvalue weighted by Gasteiger charge is -2.13. The van der Waals surface area contributed by atoms with Crippen molar-refractivity contribution in [3.8, 4) is 0 Å². The highest BCUT2D eigenvalue weighted by Crippen LogP contribution is 2.39. The van der Waals surface area contributed by atoms with E-state index < -0.39 is 18.4 Å². The molecule has 1 nitrogen and oxygen atoms in total. The van der Waals surface area contributed by atoms with Gasteiger partial charge in [-0.3, -0.25) is 0 Å². The first kappa shape index (κ1) is 14.6. The Bertz CT molecular complexity index is 432. The van der Waals surface area contributed by atoms with Gasteiger partial charge in [0, 0.05) is 0 Å². The smallest absolute Gasteiger partial charge is 0.392 e. The Morgan fingerprint density at radius 3 is 2.00 bits per heavy atom. The summed E-state index contributed by atoms with van der Waals surface area (Å²) in [6.07, 6.45) is -3.97. The number of aliphatic hydroxyl groups is 1. The second-order valence-electron chi connectivity index (χ2n) is 3.05. The summed E-state index contributed by atoms with van der Waals surface area (Å²) in [5.74, 6) is 0. The van der Waals surface area contributed by atoms with Crippen LogP contribution in [0.3, 0.4) is 0 Å². The fraction of sp³-hybridized carbons (Fsp3) is 0.200. The molecule has 0 bridgehead atoms. The van der Waals surface area contributed by atoms with Crippen molar-refractivity contribution < 1.29 is 18.3 Å². The zero-order valence-electron chi connectivity index (χ0n) is 8.15. The van der Waals surface area contributed by atoms with Gasteiger partial charge in [-0.15, -0.1) is 0 Å². The summed E-state index contributed by atoms with van der Waals surface area (Å²) in [6.45, 7) is -0.743. The maximum Gasteiger partial charge on any atom is 0.416 e. The summed E-state index contributed by atoms with van der Waals surface area (Å²) in [5, 5.41) is 8.41. The minimum absolute atomic E-state index is 0.0115. The summed E-state index contributed by atoms with van der Waals surface area (Å²) in [4.78, 5) is 0. The zero-order chi connectivity index (χ0) is 13.2. The quantitative estimate of drug-likeness (QED) is 0.793. The number of hydrogen-bond donors (Lipinski definition) is 1. The van der Waals surface area contributed by atoms with Crippen molar-refractivity contribution in [1.82, 2.24) is 0 Å². The molecule has 0 saturated carbocycles. The van der Waals surface area contributed by atoms with Crippen LogP contribution in [0.15, 0.2) is 18.2 Å². The first-order valence-electron chi connectivity index (χ1n) is 4.30. The van der Waals surface area contributed by atoms with Gasteiger partial charge in [-0.2, -0.15) is 13.2 Å². The van der Waals surface area contributed by atoms with E-state index in [9.17, 15) is 13.2 Å². The molecule has 0 saturated heterocycles. The highest BCUT2D eigenvalue weighted by molar-refractivity contribution is 6.48. The van der Waals surface area contributed by atoms with Crippen molar-refractivity contribution in [3.05, 3.63) is 38.8 Å². The molecule has 1 aromatic carbocycles. The Morgan fingerprint density at radius 2 is 1.65 bits per heavy atom. The number of halogens is 6. The molecular weight excluding hydrogens is 299 g/mol. The summed E-state index contributed by atoms with van der Waals surface area (Å²) < 4.78 is 38.0. The monoisotopic (exact) mass is 304 g/mol. The van der Waals surface area contributed by atoms with Crippen LogP contribution in [0.1, 0.15) is 5.56 Å². The van der Waals surface area contributed by atoms with Gasteiger partial charge in [-0.05, 0) is 23.8 Å². The van der Waals surface area contributed by atoms with E-state index in [-0.39, 0.29) is 20.6 Å². The van der Waals surface area contributed by atoms with Gasteiger partial charge in [0.05, 0.1) is 27.2 Å². The Morgan fingerprint density at radius 1 is 1.18 bits per heavy atom. The van der Waals surface area contributed by atoms with Gasteiger partial charge in [-0.25, -0.2) is 0 Å². The zero-order valence-corrected chi connectivity index (χ0v) is 10.4. The Kier molecular flexibility index (Phi) is 4.72. The maximum absolute atomic E-state index is 12.7. The predicted octanol–water partition coefficient (Wildman–Crippen LogP) is 4.58. The number of alkyl halides is 3. The third-order valence-corrected chi connectivity index (χ3v) is 3.09. The van der Waals surface area contributed by atoms with Crippen molar-refractivity contribution in [3.63, 3.8) is 0 Å². The summed E-state index contributed by atoms with van der Waals surface area (Å²) >= 11 is 16.9. The van der Waals surface area contributed by atoms with E-state index in [0.717, 1.165) is 12.1 Å². The first-order chi connectivity index (χ1) is 7.77. The fourth-order valence-corrected chi connectivity index (χ4v) is 1.80. The normalized spacial score (nSPS) is 13.0. The average Bonchev–Trinajstić information content (AvgIpc) is 2.20. The van der Waals surface area contributed by atoms with Gasteiger partial charge < -0.3 is 5.11 Å². The topological polar surface area (TPSA) is 20.2 Å². The van der Waals surface area contributed by atoms with Gasteiger partial charge in [0.2, 0.25) is 0 Å². The van der Waals surface area contributed by atoms with Crippen LogP contribution in [0.4, 0.5) is 13.2 Å². The van der Waals surface area contributed by atoms with Crippen LogP contribution >= 0.6 is 34.8 Å². The van der Waals surface area contributed by atoms with E-state index in [0.29, 0.717) is 6.08 Å². The lowest BCUT2D eigenvalue weighted by Crippen LogP contribution is -2.11. The van der Waals surface area contributed by atoms with Crippen molar-refractivity contribution in [2.24, 2.45) is 0 Å². The maximum atomic E-state index is 12.7. The number of aliphatic hydroxyl groups excluding tert-OH is 1. The number of allylic oxidation sites excluding steroid dienone is 1. The summed E-state index contributed by atoms with van der Waals surface area (Å²) in [7, 11) is 0. The van der Waals surface area contributed by atoms with Crippen LogP contribution in [0, 0.1) is 0 Å². The molecule has 1 N–H and O–H groups in total. The molecule has 0 aliphatic rings. The van der Waals surface area contributed by atoms with E-state index in [1.807, 2.05) is 0 Å². The molecule has 0 atom stereocenters. The van der Waals surface area contributed by atoms with E-state index in [1.54, 1.807) is 0 Å². The van der Waals surface area contributed by atoms with Crippen molar-refractivity contribution in [2.75, 3.05) is 6.61 Å². The largest absolute Gasteiger partial charge is 0.416 e. The Hall–Kier alpha value is -0.420. The lowest BCUT2D eigenvalue weighted by atomic mass is 10.1. The minimum Gasteiger partial charge on any atom is -0.392 e. The molecule has 0 amide bonds. The van der Waals surface area contributed by atoms with Crippen LogP contribution in [0.5, 0.6) is 0 Å². The molecule has 0 unspecified atom stereocenters. The van der Waals surface area contributed by atoms with Crippen LogP contribution in [0.25, 0.3) is 5.57 Å². The Labute approximate surface area is 110 Å². The SMILES string of the molecule is OC/C=C(\c1cc(Cl)c(Cl)c(Cl)c1)C(F)(F)F. The van der Waals surface area contributed by atoms with E-state index in [1.165, 1.54) is 0 Å². The molecule has 0 aromatic heterocycles. The third-order valence-electron chi connectivity index (χ3n) is 1.90. The minimum atomic E-state index is -4.61. The molecule has 94 valence electrons. The van der Waals surface area contributed by atoms with Gasteiger partial charge in [0.25, 0.3) is 0 Å². The van der Waals surface area contributed by atoms with Gasteiger partial charge in [-0.1, -0.05) is 34.8 Å². The van der Waals surface area contributed by atoms with Crippen LogP contribution in [0.2, 0.25) is 15.1 Å². The highest BCUT2D eigenvalue weighted by atomic mass is 35.5. The standard InChI is InChI=1S/C10H6Cl3F3O/c11-7-3-5(4-8(12)9(7)13)6(1-2-17)10(14,15)16/h1,3-4,17H,2H2/b6-1+. The highest BCUT2D eigenvalue weighted by Gasteiger charge is 2.34. The molecule has 0 aliphatic heterocycles. The molecule has 1 aromatic rings. The lowest BCUT2D eigenvalue weighted by molar-refractivity contribution is -0.0692. The average molecular weight is 306 g/mol. The molecular formula is C10H6Cl3F3O. The second-order valence-corrected chi connectivity index (χ2v) is 4.24. The molecule has 0 fully saturated rings. The third kappa shape index (κ3) is 3.52. The van der Waals surface area contributed by atoms with Crippen molar-refractivity contribution >= 4 is 40.4 Å². The number of hydrogen-bond acceptors (Lipinski definition) is 1. The molecule has 0 aliphatic carbocycles. The number of benzene rings is 1. The molecule has 17 heavy (non-hydrogen) atoms. The van der Waals surface area contributed by atoms with Crippen molar-refractivity contribution in [1.29, 1.82) is 0 Å². The van der Waals surface area contributed by atoms with E-state index >= 15 is 0 Å². The van der Waals surface area contributed by atoms with Crippen LogP contribution in [-0.2, 0) is 0 Å². The molecule has 7 heteroatoms. The van der Waals surface area contributed by atoms with Crippen LogP contribution < -0.4 is 0 Å². The predicted molar refractivity (Wildman–Crippen MR) is 62.6 cm³/mol. The van der Waals surface area contributed by atoms with Gasteiger partial charge in [0.1, 0.15) is 0 Å². The number of rotatable bonds is 2. The van der Waals surface area contributed by atoms with Gasteiger partial charge >= 0.3 is 6.18 Å². The molecule has 1 rings (SSSR count). The van der Waals surface area contributed by atoms with Crippen molar-refractivity contribution in [2.45, 2.75) is 6.18 Å². The van der Waals surface area contributed by atoms with E-state index in [4.69, 9.17) is 39.9 Å². The summed E-state index contributed by atoms with van der Waals surface area (Å²) in [5.41, 5.74) is -1.26. The molecule has 0 spiro atoms. The summed E-state index contributed by atoms with van der Waals surface area (Å²) in [6, 6.07) is 2.09.